The summed E-state index contributed by atoms with van der Waals surface area (Å²) < 4.78 is 7.74. The Morgan fingerprint density at radius 3 is 2.65 bits per heavy atom. The van der Waals surface area contributed by atoms with Crippen molar-refractivity contribution in [2.24, 2.45) is 0 Å². The fourth-order valence-corrected chi connectivity index (χ4v) is 4.32. The maximum atomic E-state index is 9.79. The third-order valence-electron chi connectivity index (χ3n) is 4.66. The van der Waals surface area contributed by atoms with Crippen molar-refractivity contribution in [3.8, 4) is 11.3 Å². The van der Waals surface area contributed by atoms with Gasteiger partial charge in [-0.15, -0.1) is 0 Å². The minimum absolute atomic E-state index is 0.298. The summed E-state index contributed by atoms with van der Waals surface area (Å²) in [6.07, 6.45) is 1.41. The molecular weight excluding hydrogens is 450 g/mol. The van der Waals surface area contributed by atoms with Crippen molar-refractivity contribution in [3.05, 3.63) is 29.3 Å². The summed E-state index contributed by atoms with van der Waals surface area (Å²) >= 11 is 7.96. The average molecular weight is 480 g/mol. The minimum Gasteiger partial charge on any atom is -0.392 e. The van der Waals surface area contributed by atoms with Gasteiger partial charge in [-0.05, 0) is 25.3 Å². The molecule has 0 bridgehead atoms. The van der Waals surface area contributed by atoms with E-state index in [0.717, 1.165) is 17.0 Å². The molecule has 0 fully saturated rings. The van der Waals surface area contributed by atoms with Crippen LogP contribution in [0.25, 0.3) is 22.3 Å². The van der Waals surface area contributed by atoms with E-state index in [-0.39, 0.29) is 0 Å². The summed E-state index contributed by atoms with van der Waals surface area (Å²) in [5.41, 5.74) is 2.17. The number of aliphatic hydroxyl groups is 1. The van der Waals surface area contributed by atoms with Gasteiger partial charge in [0, 0.05) is 26.8 Å². The van der Waals surface area contributed by atoms with E-state index >= 15 is 0 Å². The van der Waals surface area contributed by atoms with Crippen LogP contribution in [0.15, 0.2) is 29.4 Å². The van der Waals surface area contributed by atoms with Crippen molar-refractivity contribution >= 4 is 48.3 Å². The molecule has 3 aromatic rings. The van der Waals surface area contributed by atoms with Crippen LogP contribution in [0, 0.1) is 0 Å². The molecule has 31 heavy (non-hydrogen) atoms. The van der Waals surface area contributed by atoms with Crippen molar-refractivity contribution in [2.45, 2.75) is 50.6 Å². The van der Waals surface area contributed by atoms with E-state index in [2.05, 4.69) is 29.9 Å². The van der Waals surface area contributed by atoms with Crippen LogP contribution in [-0.4, -0.2) is 58.4 Å². The third kappa shape index (κ3) is 6.20. The van der Waals surface area contributed by atoms with Gasteiger partial charge in [0.1, 0.15) is 18.2 Å². The molecule has 2 heterocycles. The third-order valence-corrected chi connectivity index (χ3v) is 7.24. The Bertz CT molecular complexity index is 1040. The van der Waals surface area contributed by atoms with Gasteiger partial charge in [0.15, 0.2) is 10.8 Å². The molecule has 2 aromatic heterocycles. The highest BCUT2D eigenvalue weighted by Gasteiger charge is 2.22. The lowest BCUT2D eigenvalue weighted by molar-refractivity contribution is 0.0814. The molecule has 1 aromatic carbocycles. The largest absolute Gasteiger partial charge is 0.392 e. The highest BCUT2D eigenvalue weighted by Crippen LogP contribution is 2.36. The lowest BCUT2D eigenvalue weighted by atomic mass is 10.1. The molecule has 0 saturated heterocycles. The van der Waals surface area contributed by atoms with E-state index < -0.39 is 14.2 Å². The van der Waals surface area contributed by atoms with Crippen molar-refractivity contribution in [1.82, 2.24) is 19.7 Å². The summed E-state index contributed by atoms with van der Waals surface area (Å²) in [5, 5.41) is 19.8. The highest BCUT2D eigenvalue weighted by molar-refractivity contribution is 7.98. The number of thioether (sulfide) groups is 1. The smallest absolute Gasteiger partial charge is 0.191 e. The van der Waals surface area contributed by atoms with Gasteiger partial charge < -0.3 is 15.2 Å². The predicted molar refractivity (Wildman–Crippen MR) is 132 cm³/mol. The molecule has 0 saturated carbocycles. The molecule has 0 aliphatic heterocycles. The highest BCUT2D eigenvalue weighted by atomic mass is 35.5. The summed E-state index contributed by atoms with van der Waals surface area (Å²) in [4.78, 5) is 9.37. The van der Waals surface area contributed by atoms with Gasteiger partial charge in [-0.3, -0.25) is 0 Å². The Morgan fingerprint density at radius 1 is 1.26 bits per heavy atom. The number of halogens is 1. The van der Waals surface area contributed by atoms with Crippen LogP contribution in [0.2, 0.25) is 30.7 Å². The van der Waals surface area contributed by atoms with E-state index in [4.69, 9.17) is 26.4 Å². The van der Waals surface area contributed by atoms with Crippen molar-refractivity contribution in [1.29, 1.82) is 0 Å². The molecule has 0 radical (unpaired) electrons. The molecule has 10 heteroatoms. The SMILES string of the molecule is CSc1nc(NC[C@H](C)O)c2c(-c3ccccc3Cl)nn(COCC[Si](C)(C)C)c2n1. The van der Waals surface area contributed by atoms with E-state index in [9.17, 15) is 5.11 Å². The monoisotopic (exact) mass is 479 g/mol. The molecule has 0 aliphatic rings. The number of hydrogen-bond acceptors (Lipinski definition) is 7. The summed E-state index contributed by atoms with van der Waals surface area (Å²) in [7, 11) is -1.18. The van der Waals surface area contributed by atoms with Gasteiger partial charge in [-0.2, -0.15) is 5.10 Å². The molecular formula is C21H30ClN5O2SSi. The van der Waals surface area contributed by atoms with Crippen LogP contribution in [0.1, 0.15) is 6.92 Å². The predicted octanol–water partition coefficient (Wildman–Crippen LogP) is 4.97. The summed E-state index contributed by atoms with van der Waals surface area (Å²) in [5.74, 6) is 0.624. The van der Waals surface area contributed by atoms with Crippen molar-refractivity contribution in [2.75, 3.05) is 24.7 Å². The number of hydrogen-bond donors (Lipinski definition) is 2. The van der Waals surface area contributed by atoms with Crippen LogP contribution in [0.3, 0.4) is 0 Å². The number of fused-ring (bicyclic) bond motifs is 1. The number of aliphatic hydroxyl groups excluding tert-OH is 1. The second-order valence-corrected chi connectivity index (χ2v) is 15.5. The van der Waals surface area contributed by atoms with Crippen LogP contribution in [0.5, 0.6) is 0 Å². The number of anilines is 1. The molecule has 7 nitrogen and oxygen atoms in total. The first-order chi connectivity index (χ1) is 14.7. The van der Waals surface area contributed by atoms with Crippen molar-refractivity contribution in [3.63, 3.8) is 0 Å². The standard InChI is InChI=1S/C21H30ClN5O2SSi/c1-14(28)12-23-19-17-18(15-8-6-7-9-16(15)22)26-27(13-29-10-11-31(3,4)5)20(17)25-21(24-19)30-2/h6-9,14,28H,10-13H2,1-5H3,(H,23,24,25)/t14-/m0/s1. The molecule has 2 N–H and O–H groups in total. The normalized spacial score (nSPS) is 13.0. The number of aromatic nitrogens is 4. The zero-order valence-corrected chi connectivity index (χ0v) is 21.2. The minimum atomic E-state index is -1.18. The van der Waals surface area contributed by atoms with Gasteiger partial charge in [0.2, 0.25) is 0 Å². The fourth-order valence-electron chi connectivity index (χ4n) is 2.98. The molecule has 0 unspecified atom stereocenters. The summed E-state index contributed by atoms with van der Waals surface area (Å²) in [6.45, 7) is 10.1. The van der Waals surface area contributed by atoms with E-state index in [1.54, 1.807) is 11.6 Å². The Balaban J connectivity index is 2.08. The zero-order valence-electron chi connectivity index (χ0n) is 18.6. The number of rotatable bonds is 10. The molecule has 0 amide bonds. The van der Waals surface area contributed by atoms with Crippen LogP contribution < -0.4 is 5.32 Å². The molecule has 3 rings (SSSR count). The van der Waals surface area contributed by atoms with E-state index in [1.807, 2.05) is 30.5 Å². The van der Waals surface area contributed by atoms with Gasteiger partial charge in [-0.25, -0.2) is 14.6 Å². The Kier molecular flexibility index (Phi) is 7.98. The average Bonchev–Trinajstić information content (AvgIpc) is 3.07. The quantitative estimate of drug-likeness (QED) is 0.184. The number of benzene rings is 1. The van der Waals surface area contributed by atoms with Crippen LogP contribution in [0.4, 0.5) is 5.82 Å². The van der Waals surface area contributed by atoms with Gasteiger partial charge in [0.25, 0.3) is 0 Å². The number of nitrogens with one attached hydrogen (secondary N) is 1. The van der Waals surface area contributed by atoms with Gasteiger partial charge in [0.05, 0.1) is 16.5 Å². The maximum Gasteiger partial charge on any atom is 0.191 e. The van der Waals surface area contributed by atoms with Crippen molar-refractivity contribution < 1.29 is 9.84 Å². The first-order valence-corrected chi connectivity index (χ1v) is 15.6. The van der Waals surface area contributed by atoms with Gasteiger partial charge in [-0.1, -0.05) is 61.2 Å². The Morgan fingerprint density at radius 2 is 2.00 bits per heavy atom. The first kappa shape index (κ1) is 24.0. The first-order valence-electron chi connectivity index (χ1n) is 10.3. The summed E-state index contributed by atoms with van der Waals surface area (Å²) in [6, 6.07) is 8.67. The van der Waals surface area contributed by atoms with E-state index in [0.29, 0.717) is 47.2 Å². The number of ether oxygens (including phenoxy) is 1. The van der Waals surface area contributed by atoms with E-state index in [1.165, 1.54) is 11.8 Å². The topological polar surface area (TPSA) is 85.1 Å². The molecule has 1 atom stereocenters. The number of nitrogens with zero attached hydrogens (tertiary/aromatic N) is 4. The molecule has 0 spiro atoms. The Labute approximate surface area is 193 Å². The van der Waals surface area contributed by atoms with Crippen LogP contribution >= 0.6 is 23.4 Å². The maximum absolute atomic E-state index is 9.79. The van der Waals surface area contributed by atoms with Crippen LogP contribution in [-0.2, 0) is 11.5 Å². The molecule has 168 valence electrons. The van der Waals surface area contributed by atoms with Gasteiger partial charge >= 0.3 is 0 Å². The molecule has 0 aliphatic carbocycles. The second-order valence-electron chi connectivity index (χ2n) is 8.66. The lowest BCUT2D eigenvalue weighted by Gasteiger charge is -2.15. The second kappa shape index (κ2) is 10.3. The fraction of sp³-hybridized carbons (Fsp3) is 0.476. The Hall–Kier alpha value is -1.65. The zero-order chi connectivity index (χ0) is 22.6. The lowest BCUT2D eigenvalue weighted by Crippen LogP contribution is -2.22.